The molecule has 1 heterocycles. The smallest absolute Gasteiger partial charge is 0.0300 e. The summed E-state index contributed by atoms with van der Waals surface area (Å²) in [5.74, 6) is 0. The molecule has 0 amide bonds. The quantitative estimate of drug-likeness (QED) is 0.731. The molecule has 1 aromatic heterocycles. The van der Waals surface area contributed by atoms with Crippen LogP contribution in [0.4, 0.5) is 0 Å². The van der Waals surface area contributed by atoms with Crippen LogP contribution in [0.5, 0.6) is 0 Å². The molecule has 0 bridgehead atoms. The van der Waals surface area contributed by atoms with Crippen molar-refractivity contribution >= 4 is 11.3 Å². The van der Waals surface area contributed by atoms with Crippen molar-refractivity contribution in [1.29, 1.82) is 0 Å². The van der Waals surface area contributed by atoms with Crippen LogP contribution in [0.1, 0.15) is 25.6 Å². The monoisotopic (exact) mass is 212 g/mol. The van der Waals surface area contributed by atoms with E-state index in [0.717, 1.165) is 19.6 Å². The molecule has 0 saturated carbocycles. The van der Waals surface area contributed by atoms with Gasteiger partial charge in [-0.1, -0.05) is 6.07 Å². The lowest BCUT2D eigenvalue weighted by Gasteiger charge is -2.20. The molecule has 0 radical (unpaired) electrons. The normalized spacial score (nSPS) is 11.9. The Morgan fingerprint density at radius 2 is 2.07 bits per heavy atom. The van der Waals surface area contributed by atoms with Crippen molar-refractivity contribution in [2.75, 3.05) is 13.1 Å². The third-order valence-corrected chi connectivity index (χ3v) is 2.71. The van der Waals surface area contributed by atoms with Crippen molar-refractivity contribution in [1.82, 2.24) is 10.6 Å². The van der Waals surface area contributed by atoms with Crippen LogP contribution < -0.4 is 10.6 Å². The van der Waals surface area contributed by atoms with Crippen LogP contribution in [-0.2, 0) is 6.54 Å². The standard InChI is InChI=1S/C11H20N2S/c1-11(2,3)13-7-6-12-9-10-5-4-8-14-10/h4-5,8,12-13H,6-7,9H2,1-3H3. The number of rotatable bonds is 5. The van der Waals surface area contributed by atoms with Crippen molar-refractivity contribution in [3.63, 3.8) is 0 Å². The first-order valence-corrected chi connectivity index (χ1v) is 5.94. The molecule has 1 rings (SSSR count). The predicted octanol–water partition coefficient (Wildman–Crippen LogP) is 2.23. The van der Waals surface area contributed by atoms with Gasteiger partial charge in [-0.15, -0.1) is 11.3 Å². The van der Waals surface area contributed by atoms with E-state index in [1.165, 1.54) is 4.88 Å². The maximum atomic E-state index is 3.44. The molecule has 0 fully saturated rings. The molecular weight excluding hydrogens is 192 g/mol. The van der Waals surface area contributed by atoms with Gasteiger partial charge in [-0.3, -0.25) is 0 Å². The molecular formula is C11H20N2S. The van der Waals surface area contributed by atoms with Gasteiger partial charge < -0.3 is 10.6 Å². The van der Waals surface area contributed by atoms with E-state index in [1.807, 2.05) is 0 Å². The van der Waals surface area contributed by atoms with Gasteiger partial charge in [0.2, 0.25) is 0 Å². The Kier molecular flexibility index (Phi) is 4.58. The van der Waals surface area contributed by atoms with Crippen LogP contribution in [-0.4, -0.2) is 18.6 Å². The summed E-state index contributed by atoms with van der Waals surface area (Å²) in [7, 11) is 0. The molecule has 0 atom stereocenters. The molecule has 3 heteroatoms. The van der Waals surface area contributed by atoms with E-state index < -0.39 is 0 Å². The van der Waals surface area contributed by atoms with Crippen LogP contribution >= 0.6 is 11.3 Å². The van der Waals surface area contributed by atoms with Gasteiger partial charge in [0.1, 0.15) is 0 Å². The minimum Gasteiger partial charge on any atom is -0.311 e. The van der Waals surface area contributed by atoms with Gasteiger partial charge in [0.15, 0.2) is 0 Å². The lowest BCUT2D eigenvalue weighted by atomic mass is 10.1. The molecule has 0 aliphatic rings. The maximum absolute atomic E-state index is 3.44. The number of nitrogens with one attached hydrogen (secondary N) is 2. The zero-order valence-corrected chi connectivity index (χ0v) is 10.1. The third kappa shape index (κ3) is 5.37. The average molecular weight is 212 g/mol. The molecule has 80 valence electrons. The summed E-state index contributed by atoms with van der Waals surface area (Å²) in [5.41, 5.74) is 0.227. The second-order valence-corrected chi connectivity index (χ2v) is 5.47. The van der Waals surface area contributed by atoms with E-state index in [-0.39, 0.29) is 5.54 Å². The van der Waals surface area contributed by atoms with Crippen LogP contribution in [0.25, 0.3) is 0 Å². The molecule has 0 unspecified atom stereocenters. The highest BCUT2D eigenvalue weighted by Crippen LogP contribution is 2.06. The summed E-state index contributed by atoms with van der Waals surface area (Å²) < 4.78 is 0. The predicted molar refractivity (Wildman–Crippen MR) is 63.8 cm³/mol. The van der Waals surface area contributed by atoms with E-state index in [1.54, 1.807) is 11.3 Å². The van der Waals surface area contributed by atoms with Crippen molar-refractivity contribution in [2.45, 2.75) is 32.9 Å². The Bertz CT molecular complexity index is 236. The Morgan fingerprint density at radius 3 is 2.64 bits per heavy atom. The van der Waals surface area contributed by atoms with E-state index >= 15 is 0 Å². The summed E-state index contributed by atoms with van der Waals surface area (Å²) in [4.78, 5) is 1.40. The minimum absolute atomic E-state index is 0.227. The lowest BCUT2D eigenvalue weighted by molar-refractivity contribution is 0.422. The second kappa shape index (κ2) is 5.49. The molecule has 2 N–H and O–H groups in total. The fourth-order valence-corrected chi connectivity index (χ4v) is 1.83. The SMILES string of the molecule is CC(C)(C)NCCNCc1cccs1. The van der Waals surface area contributed by atoms with E-state index in [4.69, 9.17) is 0 Å². The molecule has 1 aromatic rings. The molecule has 0 saturated heterocycles. The van der Waals surface area contributed by atoms with Gasteiger partial charge in [0.05, 0.1) is 0 Å². The van der Waals surface area contributed by atoms with Gasteiger partial charge in [0.25, 0.3) is 0 Å². The highest BCUT2D eigenvalue weighted by atomic mass is 32.1. The van der Waals surface area contributed by atoms with E-state index in [0.29, 0.717) is 0 Å². The van der Waals surface area contributed by atoms with Gasteiger partial charge in [0, 0.05) is 30.1 Å². The highest BCUT2D eigenvalue weighted by molar-refractivity contribution is 7.09. The number of hydrogen-bond acceptors (Lipinski definition) is 3. The number of hydrogen-bond donors (Lipinski definition) is 2. The third-order valence-electron chi connectivity index (χ3n) is 1.84. The van der Waals surface area contributed by atoms with Crippen molar-refractivity contribution < 1.29 is 0 Å². The van der Waals surface area contributed by atoms with E-state index in [9.17, 15) is 0 Å². The second-order valence-electron chi connectivity index (χ2n) is 4.43. The summed E-state index contributed by atoms with van der Waals surface area (Å²) in [6, 6.07) is 4.25. The lowest BCUT2D eigenvalue weighted by Crippen LogP contribution is -2.40. The first-order valence-electron chi connectivity index (χ1n) is 5.06. The van der Waals surface area contributed by atoms with Crippen molar-refractivity contribution in [2.24, 2.45) is 0 Å². The maximum Gasteiger partial charge on any atom is 0.0300 e. The molecule has 0 aliphatic heterocycles. The van der Waals surface area contributed by atoms with E-state index in [2.05, 4.69) is 48.9 Å². The summed E-state index contributed by atoms with van der Waals surface area (Å²) in [6.45, 7) is 9.60. The Hall–Kier alpha value is -0.380. The fourth-order valence-electron chi connectivity index (χ4n) is 1.15. The summed E-state index contributed by atoms with van der Waals surface area (Å²) in [5, 5.41) is 8.97. The minimum atomic E-state index is 0.227. The van der Waals surface area contributed by atoms with Gasteiger partial charge in [-0.2, -0.15) is 0 Å². The Labute approximate surface area is 90.7 Å². The fraction of sp³-hybridized carbons (Fsp3) is 0.636. The zero-order valence-electron chi connectivity index (χ0n) is 9.26. The van der Waals surface area contributed by atoms with Crippen LogP contribution in [0, 0.1) is 0 Å². The molecule has 0 spiro atoms. The van der Waals surface area contributed by atoms with Crippen molar-refractivity contribution in [3.8, 4) is 0 Å². The Balaban J connectivity index is 2.00. The molecule has 0 aromatic carbocycles. The number of thiophene rings is 1. The van der Waals surface area contributed by atoms with Crippen LogP contribution in [0.15, 0.2) is 17.5 Å². The molecule has 14 heavy (non-hydrogen) atoms. The zero-order chi connectivity index (χ0) is 10.4. The largest absolute Gasteiger partial charge is 0.311 e. The van der Waals surface area contributed by atoms with Crippen LogP contribution in [0.2, 0.25) is 0 Å². The topological polar surface area (TPSA) is 24.1 Å². The summed E-state index contributed by atoms with van der Waals surface area (Å²) >= 11 is 1.80. The van der Waals surface area contributed by atoms with Gasteiger partial charge in [-0.25, -0.2) is 0 Å². The summed E-state index contributed by atoms with van der Waals surface area (Å²) in [6.07, 6.45) is 0. The van der Waals surface area contributed by atoms with Gasteiger partial charge in [-0.05, 0) is 32.2 Å². The average Bonchev–Trinajstić information content (AvgIpc) is 2.54. The molecule has 0 aliphatic carbocycles. The van der Waals surface area contributed by atoms with Crippen LogP contribution in [0.3, 0.4) is 0 Å². The molecule has 2 nitrogen and oxygen atoms in total. The highest BCUT2D eigenvalue weighted by Gasteiger charge is 2.06. The Morgan fingerprint density at radius 1 is 1.29 bits per heavy atom. The van der Waals surface area contributed by atoms with Crippen molar-refractivity contribution in [3.05, 3.63) is 22.4 Å². The first kappa shape index (κ1) is 11.7. The van der Waals surface area contributed by atoms with Gasteiger partial charge >= 0.3 is 0 Å². The first-order chi connectivity index (χ1) is 6.58.